The monoisotopic (exact) mass is 600 g/mol. The fourth-order valence-electron chi connectivity index (χ4n) is 10.5. The van der Waals surface area contributed by atoms with Crippen molar-refractivity contribution >= 4 is 0 Å². The summed E-state index contributed by atoms with van der Waals surface area (Å²) in [6.45, 7) is 14.1. The zero-order valence-electron chi connectivity index (χ0n) is 28.4. The van der Waals surface area contributed by atoms with Crippen molar-refractivity contribution in [3.05, 3.63) is 0 Å². The molecule has 5 nitrogen and oxygen atoms in total. The number of hydrogen-bond donors (Lipinski definition) is 5. The van der Waals surface area contributed by atoms with Crippen molar-refractivity contribution in [3.63, 3.8) is 0 Å². The van der Waals surface area contributed by atoms with Crippen molar-refractivity contribution in [3.8, 4) is 25.7 Å². The predicted octanol–water partition coefficient (Wildman–Crippen LogP) is 6.23. The molecule has 0 aromatic rings. The van der Waals surface area contributed by atoms with E-state index in [2.05, 4.69) is 57.1 Å². The lowest BCUT2D eigenvalue weighted by Gasteiger charge is -2.61. The molecule has 8 unspecified atom stereocenters. The summed E-state index contributed by atoms with van der Waals surface area (Å²) in [6, 6.07) is 0.728. The Balaban J connectivity index is 0.00000155. The molecule has 248 valence electrons. The number of rotatable bonds is 15. The number of aliphatic hydroxyl groups is 2. The van der Waals surface area contributed by atoms with Crippen LogP contribution in [0, 0.1) is 77.9 Å². The Bertz CT molecular complexity index is 810. The van der Waals surface area contributed by atoms with E-state index >= 15 is 0 Å². The van der Waals surface area contributed by atoms with Crippen LogP contribution in [0.25, 0.3) is 0 Å². The Hall–Kier alpha value is -1.08. The third-order valence-corrected chi connectivity index (χ3v) is 13.1. The van der Waals surface area contributed by atoms with Gasteiger partial charge >= 0.3 is 0 Å². The molecule has 0 saturated heterocycles. The van der Waals surface area contributed by atoms with Crippen molar-refractivity contribution in [2.45, 2.75) is 130 Å². The molecule has 4 rings (SSSR count). The SMILES string of the molecule is C#C.C#C.CC(CO)C(O)CCC(C)C1CCC2C3CCC4C[C@@H](NCCCNCCCCN)CC[C@]4(C)C3CC[C@]12C. The van der Waals surface area contributed by atoms with Gasteiger partial charge in [0.05, 0.1) is 6.10 Å². The number of terminal acetylenes is 2. The molecule has 0 spiro atoms. The number of nitrogens with two attached hydrogens (primary N) is 1. The summed E-state index contributed by atoms with van der Waals surface area (Å²) < 4.78 is 0. The second-order valence-electron chi connectivity index (χ2n) is 15.2. The van der Waals surface area contributed by atoms with Crippen molar-refractivity contribution in [1.82, 2.24) is 10.6 Å². The van der Waals surface area contributed by atoms with Gasteiger partial charge in [0.15, 0.2) is 0 Å². The molecule has 0 aliphatic heterocycles. The maximum absolute atomic E-state index is 10.5. The van der Waals surface area contributed by atoms with Gasteiger partial charge in [-0.1, -0.05) is 27.7 Å². The van der Waals surface area contributed by atoms with Gasteiger partial charge in [-0.05, 0) is 162 Å². The molecule has 0 bridgehead atoms. The highest BCUT2D eigenvalue weighted by Crippen LogP contribution is 2.68. The van der Waals surface area contributed by atoms with Crippen LogP contribution in [0.5, 0.6) is 0 Å². The van der Waals surface area contributed by atoms with Gasteiger partial charge in [0.25, 0.3) is 0 Å². The van der Waals surface area contributed by atoms with E-state index in [1.165, 1.54) is 70.6 Å². The third-order valence-electron chi connectivity index (χ3n) is 13.1. The second-order valence-corrected chi connectivity index (χ2v) is 15.2. The van der Waals surface area contributed by atoms with Crippen molar-refractivity contribution in [2.24, 2.45) is 58.0 Å². The number of nitrogens with one attached hydrogen (secondary N) is 2. The minimum absolute atomic E-state index is 0.00523. The standard InChI is InChI=1S/C34H65N3O2.2C2H2/c1-24(8-13-32(39)25(2)23-38)29-11-12-30-28-10-9-26-22-27(37-21-7-20-36-19-6-5-18-35)14-16-33(26,3)31(28)15-17-34(29,30)4;2*1-2/h24-32,36-39H,5-23,35H2,1-4H3;2*1-2H/t24?,25?,26?,27-,28?,29?,30?,31?,32?,33-,34+;;/m0../s1. The summed E-state index contributed by atoms with van der Waals surface area (Å²) in [6.07, 6.45) is 34.0. The van der Waals surface area contributed by atoms with E-state index in [-0.39, 0.29) is 18.6 Å². The summed E-state index contributed by atoms with van der Waals surface area (Å²) in [5.74, 6) is 5.18. The molecule has 4 saturated carbocycles. The van der Waals surface area contributed by atoms with Gasteiger partial charge in [-0.15, -0.1) is 25.7 Å². The van der Waals surface area contributed by atoms with E-state index in [1.54, 1.807) is 0 Å². The Morgan fingerprint density at radius 1 is 0.814 bits per heavy atom. The fraction of sp³-hybridized carbons (Fsp3) is 0.895. The van der Waals surface area contributed by atoms with Gasteiger partial charge in [-0.3, -0.25) is 0 Å². The van der Waals surface area contributed by atoms with Crippen molar-refractivity contribution in [1.29, 1.82) is 0 Å². The summed E-state index contributed by atoms with van der Waals surface area (Å²) in [5.41, 5.74) is 6.64. The zero-order valence-corrected chi connectivity index (χ0v) is 28.4. The molecule has 0 aromatic carbocycles. The fourth-order valence-corrected chi connectivity index (χ4v) is 10.5. The average Bonchev–Trinajstić information content (AvgIpc) is 3.39. The minimum atomic E-state index is -0.360. The maximum Gasteiger partial charge on any atom is 0.0587 e. The summed E-state index contributed by atoms with van der Waals surface area (Å²) in [7, 11) is 0. The molecule has 0 amide bonds. The van der Waals surface area contributed by atoms with Crippen LogP contribution in [-0.4, -0.2) is 55.1 Å². The van der Waals surface area contributed by atoms with E-state index in [0.29, 0.717) is 16.7 Å². The predicted molar refractivity (Wildman–Crippen MR) is 183 cm³/mol. The smallest absolute Gasteiger partial charge is 0.0587 e. The average molecular weight is 600 g/mol. The zero-order chi connectivity index (χ0) is 32.0. The number of hydrogen-bond acceptors (Lipinski definition) is 5. The topological polar surface area (TPSA) is 90.5 Å². The van der Waals surface area contributed by atoms with E-state index in [0.717, 1.165) is 81.1 Å². The Kier molecular flexibility index (Phi) is 16.6. The molecule has 4 aliphatic carbocycles. The number of fused-ring (bicyclic) bond motifs is 5. The quantitative estimate of drug-likeness (QED) is 0.114. The molecular formula is C38H69N3O2. The van der Waals surface area contributed by atoms with Gasteiger partial charge in [-0.2, -0.15) is 0 Å². The molecule has 4 fully saturated rings. The molecule has 5 heteroatoms. The lowest BCUT2D eigenvalue weighted by molar-refractivity contribution is -0.118. The molecule has 11 atom stereocenters. The Labute approximate surface area is 266 Å². The molecule has 6 N–H and O–H groups in total. The van der Waals surface area contributed by atoms with E-state index in [1.807, 2.05) is 6.92 Å². The summed E-state index contributed by atoms with van der Waals surface area (Å²) >= 11 is 0. The highest BCUT2D eigenvalue weighted by atomic mass is 16.3. The van der Waals surface area contributed by atoms with Crippen LogP contribution in [0.3, 0.4) is 0 Å². The third kappa shape index (κ3) is 9.24. The summed E-state index contributed by atoms with van der Waals surface area (Å²) in [4.78, 5) is 0. The van der Waals surface area contributed by atoms with Crippen molar-refractivity contribution in [2.75, 3.05) is 32.8 Å². The normalized spacial score (nSPS) is 36.7. The molecule has 4 aliphatic rings. The van der Waals surface area contributed by atoms with Crippen LogP contribution in [0.1, 0.15) is 118 Å². The van der Waals surface area contributed by atoms with E-state index < -0.39 is 0 Å². The van der Waals surface area contributed by atoms with Gasteiger partial charge < -0.3 is 26.6 Å². The summed E-state index contributed by atoms with van der Waals surface area (Å²) in [5, 5.41) is 27.4. The van der Waals surface area contributed by atoms with Crippen LogP contribution in [0.15, 0.2) is 0 Å². The lowest BCUT2D eigenvalue weighted by atomic mass is 9.44. The first kappa shape index (κ1) is 38.1. The van der Waals surface area contributed by atoms with Crippen molar-refractivity contribution < 1.29 is 10.2 Å². The Morgan fingerprint density at radius 3 is 2.19 bits per heavy atom. The maximum atomic E-state index is 10.5. The highest BCUT2D eigenvalue weighted by Gasteiger charge is 2.60. The molecule has 0 heterocycles. The van der Waals surface area contributed by atoms with Gasteiger partial charge in [0, 0.05) is 18.6 Å². The van der Waals surface area contributed by atoms with Crippen LogP contribution in [-0.2, 0) is 0 Å². The molecule has 0 aromatic heterocycles. The first-order valence-electron chi connectivity index (χ1n) is 17.8. The molecule has 43 heavy (non-hydrogen) atoms. The van der Waals surface area contributed by atoms with Crippen LogP contribution in [0.2, 0.25) is 0 Å². The molecule has 0 radical (unpaired) electrons. The number of aliphatic hydroxyl groups excluding tert-OH is 2. The first-order chi connectivity index (χ1) is 20.7. The highest BCUT2D eigenvalue weighted by molar-refractivity contribution is 5.10. The van der Waals surface area contributed by atoms with Crippen LogP contribution in [0.4, 0.5) is 0 Å². The number of unbranched alkanes of at least 4 members (excludes halogenated alkanes) is 1. The van der Waals surface area contributed by atoms with Gasteiger partial charge in [0.1, 0.15) is 0 Å². The first-order valence-corrected chi connectivity index (χ1v) is 17.8. The van der Waals surface area contributed by atoms with E-state index in [4.69, 9.17) is 5.73 Å². The van der Waals surface area contributed by atoms with Crippen LogP contribution < -0.4 is 16.4 Å². The minimum Gasteiger partial charge on any atom is -0.396 e. The Morgan fingerprint density at radius 2 is 1.49 bits per heavy atom. The lowest BCUT2D eigenvalue weighted by Crippen LogP contribution is -2.55. The molecular weight excluding hydrogens is 530 g/mol. The van der Waals surface area contributed by atoms with Crippen LogP contribution >= 0.6 is 0 Å². The van der Waals surface area contributed by atoms with Gasteiger partial charge in [-0.25, -0.2) is 0 Å². The van der Waals surface area contributed by atoms with E-state index in [9.17, 15) is 10.2 Å². The second kappa shape index (κ2) is 18.8. The largest absolute Gasteiger partial charge is 0.396 e. The van der Waals surface area contributed by atoms with Gasteiger partial charge in [0.2, 0.25) is 0 Å².